The number of anilines is 1. The van der Waals surface area contributed by atoms with Crippen molar-refractivity contribution in [2.24, 2.45) is 7.05 Å². The predicted octanol–water partition coefficient (Wildman–Crippen LogP) is -0.0544. The highest BCUT2D eigenvalue weighted by atomic mass is 16.1. The molecule has 1 aliphatic rings. The first-order valence-corrected chi connectivity index (χ1v) is 4.94. The van der Waals surface area contributed by atoms with Gasteiger partial charge in [-0.25, -0.2) is 0 Å². The van der Waals surface area contributed by atoms with Crippen molar-refractivity contribution in [2.75, 3.05) is 11.9 Å². The fourth-order valence-electron chi connectivity index (χ4n) is 1.90. The number of hydrogen-bond acceptors (Lipinski definition) is 4. The number of nitrogens with zero attached hydrogens (tertiary/aromatic N) is 4. The molecule has 0 bridgehead atoms. The van der Waals surface area contributed by atoms with Crippen molar-refractivity contribution in [1.29, 1.82) is 0 Å². The van der Waals surface area contributed by atoms with E-state index in [9.17, 15) is 4.79 Å². The Morgan fingerprint density at radius 1 is 1.53 bits per heavy atom. The maximum Gasteiger partial charge on any atom is 0.266 e. The third kappa shape index (κ3) is 1.07. The van der Waals surface area contributed by atoms with Crippen molar-refractivity contribution in [1.82, 2.24) is 19.3 Å². The molecule has 1 aliphatic heterocycles. The number of aromatic nitrogens is 4. The summed E-state index contributed by atoms with van der Waals surface area (Å²) in [6, 6.07) is 0. The van der Waals surface area contributed by atoms with Crippen LogP contribution in [-0.4, -0.2) is 25.9 Å². The van der Waals surface area contributed by atoms with Gasteiger partial charge in [0.2, 0.25) is 5.95 Å². The lowest BCUT2D eigenvalue weighted by Gasteiger charge is -2.18. The van der Waals surface area contributed by atoms with Crippen LogP contribution in [0.2, 0.25) is 0 Å². The maximum absolute atomic E-state index is 12.0. The Bertz CT molecular complexity index is 582. The van der Waals surface area contributed by atoms with Crippen molar-refractivity contribution in [2.45, 2.75) is 13.0 Å². The number of fused-ring (bicyclic) bond motifs is 2. The minimum absolute atomic E-state index is 0.00435. The van der Waals surface area contributed by atoms with Gasteiger partial charge in [0, 0.05) is 20.1 Å². The van der Waals surface area contributed by atoms with Crippen LogP contribution >= 0.6 is 0 Å². The van der Waals surface area contributed by atoms with Crippen molar-refractivity contribution < 1.29 is 0 Å². The first-order valence-electron chi connectivity index (χ1n) is 4.94. The third-order valence-electron chi connectivity index (χ3n) is 2.69. The fraction of sp³-hybridized carbons (Fsp3) is 0.444. The van der Waals surface area contributed by atoms with Gasteiger partial charge in [-0.15, -0.1) is 0 Å². The van der Waals surface area contributed by atoms with Gasteiger partial charge in [-0.1, -0.05) is 0 Å². The van der Waals surface area contributed by atoms with Gasteiger partial charge in [-0.3, -0.25) is 14.0 Å². The summed E-state index contributed by atoms with van der Waals surface area (Å²) in [6.07, 6.45) is 2.53. The zero-order valence-electron chi connectivity index (χ0n) is 8.40. The minimum Gasteiger partial charge on any atom is -0.355 e. The van der Waals surface area contributed by atoms with Gasteiger partial charge < -0.3 is 5.32 Å². The Morgan fingerprint density at radius 3 is 3.27 bits per heavy atom. The summed E-state index contributed by atoms with van der Waals surface area (Å²) < 4.78 is 3.29. The summed E-state index contributed by atoms with van der Waals surface area (Å²) >= 11 is 0. The predicted molar refractivity (Wildman–Crippen MR) is 55.9 cm³/mol. The van der Waals surface area contributed by atoms with E-state index in [4.69, 9.17) is 0 Å². The fourth-order valence-corrected chi connectivity index (χ4v) is 1.90. The number of nitrogens with one attached hydrogen (secondary N) is 1. The van der Waals surface area contributed by atoms with Gasteiger partial charge in [0.05, 0.1) is 6.20 Å². The summed E-state index contributed by atoms with van der Waals surface area (Å²) in [6.45, 7) is 1.61. The van der Waals surface area contributed by atoms with Crippen molar-refractivity contribution in [3.63, 3.8) is 0 Å². The molecular weight excluding hydrogens is 194 g/mol. The Balaban J connectivity index is 2.43. The summed E-state index contributed by atoms with van der Waals surface area (Å²) in [5, 5.41) is 7.75. The molecule has 6 heteroatoms. The molecule has 0 fully saturated rings. The van der Waals surface area contributed by atoms with Crippen molar-refractivity contribution in [3.8, 4) is 0 Å². The van der Waals surface area contributed by atoms with Crippen molar-refractivity contribution in [3.05, 3.63) is 16.6 Å². The van der Waals surface area contributed by atoms with Gasteiger partial charge in [0.15, 0.2) is 5.65 Å². The molecule has 1 N–H and O–H groups in total. The molecule has 0 amide bonds. The van der Waals surface area contributed by atoms with E-state index in [2.05, 4.69) is 15.4 Å². The van der Waals surface area contributed by atoms with E-state index in [1.807, 2.05) is 0 Å². The molecule has 3 heterocycles. The van der Waals surface area contributed by atoms with Crippen LogP contribution in [0.3, 0.4) is 0 Å². The van der Waals surface area contributed by atoms with Crippen LogP contribution in [0.15, 0.2) is 11.0 Å². The monoisotopic (exact) mass is 205 g/mol. The van der Waals surface area contributed by atoms with E-state index in [-0.39, 0.29) is 5.56 Å². The smallest absolute Gasteiger partial charge is 0.266 e. The number of aryl methyl sites for hydroxylation is 1. The first-order chi connectivity index (χ1) is 7.27. The second-order valence-electron chi connectivity index (χ2n) is 3.68. The minimum atomic E-state index is -0.00435. The lowest BCUT2D eigenvalue weighted by molar-refractivity contribution is 0.600. The molecule has 3 rings (SSSR count). The molecular formula is C9H11N5O. The van der Waals surface area contributed by atoms with E-state index in [0.717, 1.165) is 19.5 Å². The normalized spacial score (nSPS) is 15.0. The largest absolute Gasteiger partial charge is 0.355 e. The summed E-state index contributed by atoms with van der Waals surface area (Å²) in [5.41, 5.74) is 0.635. The molecule has 6 nitrogen and oxygen atoms in total. The van der Waals surface area contributed by atoms with Gasteiger partial charge in [-0.05, 0) is 6.42 Å². The summed E-state index contributed by atoms with van der Waals surface area (Å²) in [7, 11) is 1.79. The first kappa shape index (κ1) is 8.46. The van der Waals surface area contributed by atoms with Gasteiger partial charge in [-0.2, -0.15) is 10.1 Å². The molecule has 0 spiro atoms. The molecule has 0 aliphatic carbocycles. The Kier molecular flexibility index (Phi) is 1.59. The lowest BCUT2D eigenvalue weighted by Crippen LogP contribution is -2.30. The standard InChI is InChI=1S/C9H11N5O/c1-13-7-6(5-11-13)8(15)14-4-2-3-10-9(14)12-7/h5H,2-4H2,1H3,(H,10,12). The SMILES string of the molecule is Cn1ncc2c(=O)n3c(nc21)NCCC3. The van der Waals surface area contributed by atoms with Gasteiger partial charge in [0.1, 0.15) is 5.39 Å². The molecule has 0 saturated heterocycles. The van der Waals surface area contributed by atoms with Crippen LogP contribution in [0, 0.1) is 0 Å². The molecule has 0 radical (unpaired) electrons. The summed E-state index contributed by atoms with van der Waals surface area (Å²) in [5.74, 6) is 0.655. The van der Waals surface area contributed by atoms with Crippen molar-refractivity contribution >= 4 is 17.0 Å². The highest BCUT2D eigenvalue weighted by Gasteiger charge is 2.15. The molecule has 0 atom stereocenters. The Morgan fingerprint density at radius 2 is 2.40 bits per heavy atom. The average molecular weight is 205 g/mol. The highest BCUT2D eigenvalue weighted by Crippen LogP contribution is 2.13. The van der Waals surface area contributed by atoms with E-state index >= 15 is 0 Å². The van der Waals surface area contributed by atoms with Crippen LogP contribution in [-0.2, 0) is 13.6 Å². The molecule has 2 aromatic rings. The zero-order valence-corrected chi connectivity index (χ0v) is 8.40. The van der Waals surface area contributed by atoms with E-state index in [0.29, 0.717) is 17.0 Å². The second-order valence-corrected chi connectivity index (χ2v) is 3.68. The van der Waals surface area contributed by atoms with E-state index in [1.54, 1.807) is 22.5 Å². The van der Waals surface area contributed by atoms with Crippen LogP contribution in [0.4, 0.5) is 5.95 Å². The molecule has 2 aromatic heterocycles. The molecule has 15 heavy (non-hydrogen) atoms. The Hall–Kier alpha value is -1.85. The van der Waals surface area contributed by atoms with Crippen LogP contribution in [0.5, 0.6) is 0 Å². The second kappa shape index (κ2) is 2.82. The third-order valence-corrected chi connectivity index (χ3v) is 2.69. The molecule has 0 aromatic carbocycles. The van der Waals surface area contributed by atoms with Crippen LogP contribution in [0.1, 0.15) is 6.42 Å². The molecule has 0 unspecified atom stereocenters. The topological polar surface area (TPSA) is 64.7 Å². The van der Waals surface area contributed by atoms with E-state index < -0.39 is 0 Å². The van der Waals surface area contributed by atoms with Gasteiger partial charge >= 0.3 is 0 Å². The molecule has 78 valence electrons. The average Bonchev–Trinajstić information content (AvgIpc) is 2.62. The van der Waals surface area contributed by atoms with Crippen LogP contribution in [0.25, 0.3) is 11.0 Å². The number of hydrogen-bond donors (Lipinski definition) is 1. The maximum atomic E-state index is 12.0. The Labute approximate surface area is 85.5 Å². The highest BCUT2D eigenvalue weighted by molar-refractivity contribution is 5.74. The van der Waals surface area contributed by atoms with Crippen LogP contribution < -0.4 is 10.9 Å². The molecule has 0 saturated carbocycles. The van der Waals surface area contributed by atoms with E-state index in [1.165, 1.54) is 0 Å². The summed E-state index contributed by atoms with van der Waals surface area (Å²) in [4.78, 5) is 16.4. The zero-order chi connectivity index (χ0) is 10.4. The lowest BCUT2D eigenvalue weighted by atomic mass is 10.3. The number of rotatable bonds is 0. The quantitative estimate of drug-likeness (QED) is 0.654. The van der Waals surface area contributed by atoms with Gasteiger partial charge in [0.25, 0.3) is 5.56 Å².